The Kier molecular flexibility index (Phi) is 12.0. The van der Waals surface area contributed by atoms with Crippen molar-refractivity contribution in [3.8, 4) is 11.1 Å². The number of nitrogens with two attached hydrogens (primary N) is 2. The first kappa shape index (κ1) is 32.7. The van der Waals surface area contributed by atoms with Gasteiger partial charge in [0.25, 0.3) is 5.91 Å². The van der Waals surface area contributed by atoms with Gasteiger partial charge in [0.05, 0.1) is 19.3 Å². The topological polar surface area (TPSA) is 153 Å². The van der Waals surface area contributed by atoms with E-state index in [2.05, 4.69) is 15.6 Å². The molecular weight excluding hydrogens is 544 g/mol. The molecule has 1 aromatic heterocycles. The number of rotatable bonds is 15. The summed E-state index contributed by atoms with van der Waals surface area (Å²) in [5, 5.41) is 15.8. The maximum Gasteiger partial charge on any atom is 0.250 e. The highest BCUT2D eigenvalue weighted by Crippen LogP contribution is 2.19. The van der Waals surface area contributed by atoms with E-state index < -0.39 is 41.1 Å². The molecule has 0 aliphatic heterocycles. The van der Waals surface area contributed by atoms with Crippen molar-refractivity contribution in [2.45, 2.75) is 51.5 Å². The molecule has 0 radical (unpaired) electrons. The standard InChI is InChI=1S/C31H39F2N5O4/c1-31(2,18-37-28(39)15-25(34)14-23-13-24(32)7-8-26(23)33)19-38-30(41)29(40)27(35)17-42-16-20-3-5-21(6-4-20)22-9-11-36-12-10-22/h3-13,25,27,29,40H,14-19,34-35H2,1-2H3,(H,37,39)(H,38,41). The van der Waals surface area contributed by atoms with E-state index in [1.54, 1.807) is 12.4 Å². The van der Waals surface area contributed by atoms with E-state index in [9.17, 15) is 23.5 Å². The van der Waals surface area contributed by atoms with Crippen molar-refractivity contribution in [2.75, 3.05) is 19.7 Å². The Labute approximate surface area is 244 Å². The van der Waals surface area contributed by atoms with Crippen LogP contribution in [0.2, 0.25) is 0 Å². The molecule has 0 fully saturated rings. The Morgan fingerprint density at radius 1 is 0.976 bits per heavy atom. The largest absolute Gasteiger partial charge is 0.382 e. The quantitative estimate of drug-likeness (QED) is 0.184. The molecule has 0 aliphatic carbocycles. The van der Waals surface area contributed by atoms with Crippen LogP contribution >= 0.6 is 0 Å². The number of nitrogens with one attached hydrogen (secondary N) is 2. The summed E-state index contributed by atoms with van der Waals surface area (Å²) in [5.74, 6) is -2.16. The van der Waals surface area contributed by atoms with Crippen molar-refractivity contribution in [3.63, 3.8) is 0 Å². The van der Waals surface area contributed by atoms with Crippen LogP contribution in [0.15, 0.2) is 67.0 Å². The van der Waals surface area contributed by atoms with Gasteiger partial charge in [0.15, 0.2) is 0 Å². The maximum atomic E-state index is 13.8. The third kappa shape index (κ3) is 10.6. The highest BCUT2D eigenvalue weighted by Gasteiger charge is 2.26. The summed E-state index contributed by atoms with van der Waals surface area (Å²) in [6, 6.07) is 13.1. The summed E-state index contributed by atoms with van der Waals surface area (Å²) >= 11 is 0. The van der Waals surface area contributed by atoms with Gasteiger partial charge >= 0.3 is 0 Å². The molecule has 1 heterocycles. The predicted octanol–water partition coefficient (Wildman–Crippen LogP) is 2.45. The van der Waals surface area contributed by atoms with Crippen LogP contribution < -0.4 is 22.1 Å². The van der Waals surface area contributed by atoms with Crippen LogP contribution in [0.25, 0.3) is 11.1 Å². The molecule has 226 valence electrons. The number of carbonyl (C=O) groups is 2. The number of ether oxygens (including phenoxy) is 1. The van der Waals surface area contributed by atoms with Crippen LogP contribution in [0.1, 0.15) is 31.4 Å². The van der Waals surface area contributed by atoms with Gasteiger partial charge in [0, 0.05) is 37.9 Å². The van der Waals surface area contributed by atoms with E-state index in [-0.39, 0.29) is 50.6 Å². The zero-order valence-corrected chi connectivity index (χ0v) is 23.9. The molecule has 0 saturated carbocycles. The van der Waals surface area contributed by atoms with Gasteiger partial charge in [0.1, 0.15) is 17.7 Å². The van der Waals surface area contributed by atoms with Gasteiger partial charge < -0.3 is 31.9 Å². The normalized spacial score (nSPS) is 13.7. The molecular formula is C31H39F2N5O4. The number of hydrogen-bond donors (Lipinski definition) is 5. The molecule has 3 rings (SSSR count). The lowest BCUT2D eigenvalue weighted by molar-refractivity contribution is -0.131. The van der Waals surface area contributed by atoms with E-state index in [0.29, 0.717) is 0 Å². The molecule has 9 nitrogen and oxygen atoms in total. The molecule has 7 N–H and O–H groups in total. The lowest BCUT2D eigenvalue weighted by atomic mass is 9.93. The molecule has 11 heteroatoms. The molecule has 0 spiro atoms. The number of pyridine rings is 1. The Morgan fingerprint density at radius 3 is 2.31 bits per heavy atom. The smallest absolute Gasteiger partial charge is 0.250 e. The third-order valence-corrected chi connectivity index (χ3v) is 6.66. The second-order valence-electron chi connectivity index (χ2n) is 11.1. The Bertz CT molecular complexity index is 1310. The zero-order chi connectivity index (χ0) is 30.7. The Balaban J connectivity index is 1.34. The first-order valence-corrected chi connectivity index (χ1v) is 13.7. The minimum absolute atomic E-state index is 0.0109. The van der Waals surface area contributed by atoms with Crippen molar-refractivity contribution in [3.05, 3.63) is 89.8 Å². The molecule has 3 atom stereocenters. The van der Waals surface area contributed by atoms with Crippen molar-refractivity contribution < 1.29 is 28.2 Å². The minimum atomic E-state index is -1.48. The number of aromatic nitrogens is 1. The lowest BCUT2D eigenvalue weighted by Gasteiger charge is -2.27. The summed E-state index contributed by atoms with van der Waals surface area (Å²) in [6.45, 7) is 4.25. The Hall–Kier alpha value is -3.77. The first-order valence-electron chi connectivity index (χ1n) is 13.7. The van der Waals surface area contributed by atoms with Crippen LogP contribution in [-0.2, 0) is 27.4 Å². The third-order valence-electron chi connectivity index (χ3n) is 6.66. The van der Waals surface area contributed by atoms with Gasteiger partial charge in [-0.1, -0.05) is 38.1 Å². The van der Waals surface area contributed by atoms with Gasteiger partial charge in [-0.25, -0.2) is 8.78 Å². The fourth-order valence-corrected chi connectivity index (χ4v) is 4.13. The Morgan fingerprint density at radius 2 is 1.62 bits per heavy atom. The van der Waals surface area contributed by atoms with Gasteiger partial charge in [-0.05, 0) is 64.4 Å². The number of halogens is 2. The van der Waals surface area contributed by atoms with Crippen molar-refractivity contribution in [2.24, 2.45) is 16.9 Å². The monoisotopic (exact) mass is 583 g/mol. The number of hydrogen-bond acceptors (Lipinski definition) is 7. The molecule has 42 heavy (non-hydrogen) atoms. The summed E-state index contributed by atoms with van der Waals surface area (Å²) in [6.07, 6.45) is 1.91. The average Bonchev–Trinajstić information content (AvgIpc) is 2.97. The summed E-state index contributed by atoms with van der Waals surface area (Å²) < 4.78 is 32.8. The van der Waals surface area contributed by atoms with Gasteiger partial charge in [-0.15, -0.1) is 0 Å². The highest BCUT2D eigenvalue weighted by atomic mass is 19.1. The maximum absolute atomic E-state index is 13.8. The van der Waals surface area contributed by atoms with E-state index in [1.165, 1.54) is 0 Å². The van der Waals surface area contributed by atoms with E-state index in [1.807, 2.05) is 50.2 Å². The fraction of sp³-hybridized carbons (Fsp3) is 0.387. The van der Waals surface area contributed by atoms with Gasteiger partial charge in [-0.3, -0.25) is 14.6 Å². The summed E-state index contributed by atoms with van der Waals surface area (Å²) in [7, 11) is 0. The van der Waals surface area contributed by atoms with Crippen molar-refractivity contribution in [1.29, 1.82) is 0 Å². The molecule has 3 unspecified atom stereocenters. The average molecular weight is 584 g/mol. The molecule has 2 amide bonds. The lowest BCUT2D eigenvalue weighted by Crippen LogP contribution is -2.51. The molecule has 3 aromatic rings. The van der Waals surface area contributed by atoms with E-state index in [0.717, 1.165) is 34.9 Å². The van der Waals surface area contributed by atoms with Crippen LogP contribution in [0.3, 0.4) is 0 Å². The second-order valence-corrected chi connectivity index (χ2v) is 11.1. The summed E-state index contributed by atoms with van der Waals surface area (Å²) in [5.41, 5.74) is 14.5. The van der Waals surface area contributed by atoms with Gasteiger partial charge in [0.2, 0.25) is 5.91 Å². The number of amides is 2. The van der Waals surface area contributed by atoms with Crippen LogP contribution in [0.4, 0.5) is 8.78 Å². The van der Waals surface area contributed by atoms with Crippen molar-refractivity contribution >= 4 is 11.8 Å². The predicted molar refractivity (Wildman–Crippen MR) is 156 cm³/mol. The fourth-order valence-electron chi connectivity index (χ4n) is 4.13. The van der Waals surface area contributed by atoms with Crippen LogP contribution in [0.5, 0.6) is 0 Å². The molecule has 0 saturated heterocycles. The first-order chi connectivity index (χ1) is 19.9. The van der Waals surface area contributed by atoms with Gasteiger partial charge in [-0.2, -0.15) is 0 Å². The molecule has 2 aromatic carbocycles. The second kappa shape index (κ2) is 15.5. The van der Waals surface area contributed by atoms with E-state index in [4.69, 9.17) is 16.2 Å². The number of nitrogens with zero attached hydrogens (tertiary/aromatic N) is 1. The summed E-state index contributed by atoms with van der Waals surface area (Å²) in [4.78, 5) is 28.8. The molecule has 0 aliphatic rings. The SMILES string of the molecule is CC(C)(CNC(=O)CC(N)Cc1cc(F)ccc1F)CNC(=O)C(O)C(N)COCc1ccc(-c2ccncc2)cc1. The molecule has 0 bridgehead atoms. The number of benzene rings is 2. The number of aliphatic hydroxyl groups excluding tert-OH is 1. The van der Waals surface area contributed by atoms with E-state index >= 15 is 0 Å². The van der Waals surface area contributed by atoms with Crippen LogP contribution in [-0.4, -0.2) is 59.8 Å². The highest BCUT2D eigenvalue weighted by molar-refractivity contribution is 5.81. The zero-order valence-electron chi connectivity index (χ0n) is 23.9. The minimum Gasteiger partial charge on any atom is -0.382 e. The number of aliphatic hydroxyl groups is 1. The van der Waals surface area contributed by atoms with Crippen molar-refractivity contribution in [1.82, 2.24) is 15.6 Å². The van der Waals surface area contributed by atoms with Crippen LogP contribution in [0, 0.1) is 17.0 Å². The number of carbonyl (C=O) groups excluding carboxylic acids is 2.